The fourth-order valence-electron chi connectivity index (χ4n) is 5.41. The molecule has 0 aliphatic carbocycles. The van der Waals surface area contributed by atoms with Crippen LogP contribution in [-0.2, 0) is 33.7 Å². The molecule has 0 bridgehead atoms. The molecule has 40 heavy (non-hydrogen) atoms. The third-order valence-corrected chi connectivity index (χ3v) is 8.35. The maximum atomic E-state index is 12.8. The number of hydrogen-bond acceptors (Lipinski definition) is 5. The molecule has 2 amide bonds. The molecule has 1 fully saturated rings. The van der Waals surface area contributed by atoms with Crippen molar-refractivity contribution in [2.24, 2.45) is 5.41 Å². The molecule has 1 saturated heterocycles. The van der Waals surface area contributed by atoms with Crippen LogP contribution in [0.3, 0.4) is 0 Å². The van der Waals surface area contributed by atoms with Crippen LogP contribution in [0.25, 0.3) is 0 Å². The van der Waals surface area contributed by atoms with E-state index >= 15 is 0 Å². The summed E-state index contributed by atoms with van der Waals surface area (Å²) >= 11 is 0. The van der Waals surface area contributed by atoms with Gasteiger partial charge < -0.3 is 15.0 Å². The van der Waals surface area contributed by atoms with E-state index in [9.17, 15) is 14.4 Å². The maximum Gasteiger partial charge on any atom is 0.337 e. The van der Waals surface area contributed by atoms with Crippen molar-refractivity contribution in [3.05, 3.63) is 83.4 Å². The van der Waals surface area contributed by atoms with Crippen molar-refractivity contribution in [2.45, 2.75) is 58.9 Å². The van der Waals surface area contributed by atoms with Crippen molar-refractivity contribution >= 4 is 17.8 Å². The number of carbonyl (C=O) groups is 3. The van der Waals surface area contributed by atoms with Gasteiger partial charge in [0.2, 0.25) is 11.8 Å². The van der Waals surface area contributed by atoms with Gasteiger partial charge in [0.1, 0.15) is 0 Å². The molecule has 7 heteroatoms. The molecule has 2 aromatic rings. The third kappa shape index (κ3) is 8.78. The number of carbonyl (C=O) groups excluding carboxylic acids is 3. The number of amides is 2. The number of hydrogen-bond donors (Lipinski definition) is 1. The Morgan fingerprint density at radius 3 is 2.20 bits per heavy atom. The highest BCUT2D eigenvalue weighted by molar-refractivity contribution is 5.89. The van der Waals surface area contributed by atoms with E-state index in [-0.39, 0.29) is 29.7 Å². The summed E-state index contributed by atoms with van der Waals surface area (Å²) in [4.78, 5) is 41.3. The molecule has 1 heterocycles. The molecule has 1 aliphatic rings. The van der Waals surface area contributed by atoms with Crippen molar-refractivity contribution in [2.75, 3.05) is 39.8 Å². The summed E-state index contributed by atoms with van der Waals surface area (Å²) in [6, 6.07) is 16.1. The minimum Gasteiger partial charge on any atom is -0.465 e. The fourth-order valence-corrected chi connectivity index (χ4v) is 5.41. The minimum atomic E-state index is -0.322. The van der Waals surface area contributed by atoms with Crippen LogP contribution in [0.1, 0.15) is 66.6 Å². The Bertz CT molecular complexity index is 1130. The average Bonchev–Trinajstić information content (AvgIpc) is 2.99. The molecule has 0 aromatic heterocycles. The topological polar surface area (TPSA) is 79.0 Å². The number of ether oxygens (including phenoxy) is 1. The molecule has 0 atom stereocenters. The summed E-state index contributed by atoms with van der Waals surface area (Å²) in [6.07, 6.45) is 6.73. The smallest absolute Gasteiger partial charge is 0.337 e. The molecule has 0 saturated carbocycles. The number of piperazine rings is 1. The van der Waals surface area contributed by atoms with Crippen LogP contribution in [0.4, 0.5) is 0 Å². The Hall–Kier alpha value is -3.45. The second-order valence-corrected chi connectivity index (χ2v) is 10.8. The Balaban J connectivity index is 1.45. The Labute approximate surface area is 239 Å². The van der Waals surface area contributed by atoms with Crippen LogP contribution in [-0.4, -0.2) is 67.4 Å². The first-order valence-corrected chi connectivity index (χ1v) is 14.4. The lowest BCUT2D eigenvalue weighted by molar-refractivity contribution is -0.134. The van der Waals surface area contributed by atoms with E-state index in [4.69, 9.17) is 4.74 Å². The van der Waals surface area contributed by atoms with E-state index in [1.165, 1.54) is 23.8 Å². The zero-order chi connectivity index (χ0) is 29.0. The predicted molar refractivity (Wildman–Crippen MR) is 159 cm³/mol. The van der Waals surface area contributed by atoms with Gasteiger partial charge in [0.05, 0.1) is 19.2 Å². The van der Waals surface area contributed by atoms with Crippen molar-refractivity contribution in [3.8, 4) is 0 Å². The summed E-state index contributed by atoms with van der Waals surface area (Å²) in [5.74, 6) is -0.403. The highest BCUT2D eigenvalue weighted by Crippen LogP contribution is 2.34. The van der Waals surface area contributed by atoms with Gasteiger partial charge in [-0.3, -0.25) is 14.5 Å². The monoisotopic (exact) mass is 547 g/mol. The molecule has 7 nitrogen and oxygen atoms in total. The van der Waals surface area contributed by atoms with Gasteiger partial charge in [-0.15, -0.1) is 6.58 Å². The number of nitrogens with one attached hydrogen (secondary N) is 1. The van der Waals surface area contributed by atoms with Gasteiger partial charge >= 0.3 is 5.97 Å². The van der Waals surface area contributed by atoms with Crippen LogP contribution in [0.2, 0.25) is 0 Å². The van der Waals surface area contributed by atoms with Gasteiger partial charge in [0.15, 0.2) is 0 Å². The van der Waals surface area contributed by atoms with Crippen LogP contribution in [0.15, 0.2) is 61.2 Å². The van der Waals surface area contributed by atoms with Gasteiger partial charge in [-0.2, -0.15) is 0 Å². The Morgan fingerprint density at radius 1 is 0.950 bits per heavy atom. The molecule has 1 N–H and O–H groups in total. The average molecular weight is 548 g/mol. The predicted octanol–water partition coefficient (Wildman–Crippen LogP) is 4.79. The summed E-state index contributed by atoms with van der Waals surface area (Å²) in [6.45, 7) is 11.9. The maximum absolute atomic E-state index is 12.8. The lowest BCUT2D eigenvalue weighted by Crippen LogP contribution is -2.51. The molecule has 0 spiro atoms. The van der Waals surface area contributed by atoms with Crippen molar-refractivity contribution in [1.29, 1.82) is 0 Å². The number of aryl methyl sites for hydroxylation is 2. The molecule has 216 valence electrons. The molecule has 2 aromatic carbocycles. The zero-order valence-corrected chi connectivity index (χ0v) is 24.4. The van der Waals surface area contributed by atoms with E-state index in [1.807, 2.05) is 35.2 Å². The van der Waals surface area contributed by atoms with E-state index in [1.54, 1.807) is 0 Å². The van der Waals surface area contributed by atoms with Gasteiger partial charge in [-0.25, -0.2) is 4.79 Å². The van der Waals surface area contributed by atoms with Gasteiger partial charge in [0, 0.05) is 39.1 Å². The summed E-state index contributed by atoms with van der Waals surface area (Å²) in [7, 11) is 1.39. The fraction of sp³-hybridized carbons (Fsp3) is 0.485. The largest absolute Gasteiger partial charge is 0.465 e. The first-order valence-electron chi connectivity index (χ1n) is 14.4. The quantitative estimate of drug-likeness (QED) is 0.272. The molecule has 0 radical (unpaired) electrons. The van der Waals surface area contributed by atoms with Crippen LogP contribution >= 0.6 is 0 Å². The lowest BCUT2D eigenvalue weighted by atomic mass is 9.76. The normalized spacial score (nSPS) is 14.0. The summed E-state index contributed by atoms with van der Waals surface area (Å²) < 4.78 is 4.78. The van der Waals surface area contributed by atoms with Crippen LogP contribution in [0.5, 0.6) is 0 Å². The second-order valence-electron chi connectivity index (χ2n) is 10.8. The first-order chi connectivity index (χ1) is 19.3. The number of nitrogens with zero attached hydrogens (tertiary/aromatic N) is 2. The second kappa shape index (κ2) is 15.4. The highest BCUT2D eigenvalue weighted by atomic mass is 16.5. The number of allylic oxidation sites excluding steroid dienone is 1. The Kier molecular flexibility index (Phi) is 11.9. The first kappa shape index (κ1) is 31.1. The van der Waals surface area contributed by atoms with Gasteiger partial charge in [-0.1, -0.05) is 56.3 Å². The standard InChI is InChI=1S/C33H45N3O4/c1-5-18-33(6-2,7-3)23-30(37)34-24-31(38)36-21-19-35(20-22-36)25-29-11-9-8-10-27(29)15-12-26-13-16-28(17-14-26)32(39)40-4/h5,8-11,13-14,16-17H,1,6-7,12,15,18-25H2,2-4H3,(H,34,37). The Morgan fingerprint density at radius 2 is 1.60 bits per heavy atom. The van der Waals surface area contributed by atoms with E-state index in [2.05, 4.69) is 54.9 Å². The van der Waals surface area contributed by atoms with E-state index in [0.717, 1.165) is 51.7 Å². The van der Waals surface area contributed by atoms with Crippen molar-refractivity contribution in [1.82, 2.24) is 15.1 Å². The highest BCUT2D eigenvalue weighted by Gasteiger charge is 2.28. The SMILES string of the molecule is C=CCC(CC)(CC)CC(=O)NCC(=O)N1CCN(Cc2ccccc2CCc2ccc(C(=O)OC)cc2)CC1. The van der Waals surface area contributed by atoms with Gasteiger partial charge in [0.25, 0.3) is 0 Å². The van der Waals surface area contributed by atoms with Crippen LogP contribution < -0.4 is 5.32 Å². The summed E-state index contributed by atoms with van der Waals surface area (Å²) in [5, 5.41) is 2.86. The molecular weight excluding hydrogens is 502 g/mol. The minimum absolute atomic E-state index is 0.0195. The number of rotatable bonds is 14. The number of esters is 1. The molecule has 3 rings (SSSR count). The van der Waals surface area contributed by atoms with Crippen LogP contribution in [0, 0.1) is 5.41 Å². The molecular formula is C33H45N3O4. The zero-order valence-electron chi connectivity index (χ0n) is 24.4. The van der Waals surface area contributed by atoms with Crippen molar-refractivity contribution in [3.63, 3.8) is 0 Å². The molecule has 0 unspecified atom stereocenters. The lowest BCUT2D eigenvalue weighted by Gasteiger charge is -2.35. The van der Waals surface area contributed by atoms with E-state index in [0.29, 0.717) is 25.1 Å². The third-order valence-electron chi connectivity index (χ3n) is 8.35. The summed E-state index contributed by atoms with van der Waals surface area (Å²) in [5.41, 5.74) is 4.28. The van der Waals surface area contributed by atoms with Crippen molar-refractivity contribution < 1.29 is 19.1 Å². The number of methoxy groups -OCH3 is 1. The number of benzene rings is 2. The molecule has 1 aliphatic heterocycles. The van der Waals surface area contributed by atoms with E-state index < -0.39 is 0 Å². The van der Waals surface area contributed by atoms with Gasteiger partial charge in [-0.05, 0) is 66.3 Å².